The van der Waals surface area contributed by atoms with Gasteiger partial charge < -0.3 is 0 Å². The molecule has 0 N–H and O–H groups in total. The van der Waals surface area contributed by atoms with E-state index in [9.17, 15) is 0 Å². The molecule has 0 unspecified atom stereocenters. The molecule has 0 spiro atoms. The predicted molar refractivity (Wildman–Crippen MR) is 177 cm³/mol. The van der Waals surface area contributed by atoms with Gasteiger partial charge in [0.25, 0.3) is 0 Å². The Morgan fingerprint density at radius 1 is 0.214 bits per heavy atom. The van der Waals surface area contributed by atoms with Crippen molar-refractivity contribution in [1.29, 1.82) is 0 Å². The molecular weight excluding hydrogens is 506 g/mol. The van der Waals surface area contributed by atoms with Crippen molar-refractivity contribution in [2.24, 2.45) is 0 Å². The molecule has 0 fully saturated rings. The van der Waals surface area contributed by atoms with Gasteiger partial charge in [-0.3, -0.25) is 0 Å². The molecule has 0 radical (unpaired) electrons. The molecule has 6 aromatic carbocycles. The number of pyridine rings is 1. The van der Waals surface area contributed by atoms with Crippen molar-refractivity contribution in [2.45, 2.75) is 0 Å². The van der Waals surface area contributed by atoms with Crippen LogP contribution in [0, 0.1) is 0 Å². The maximum absolute atomic E-state index is 5.22. The highest BCUT2D eigenvalue weighted by Gasteiger charge is 2.12. The maximum Gasteiger partial charge on any atom is 0.0716 e. The van der Waals surface area contributed by atoms with E-state index in [1.807, 2.05) is 6.07 Å². The standard InChI is InChI=1S/C41H29N/c1-5-13-30(14-6-1)33-21-23-34(24-22-33)37-25-36(31-15-7-2-8-16-31)26-39(27-37)41-29-38(32-17-9-3-10-18-32)28-40(42-41)35-19-11-4-12-20-35/h1-29H. The first-order valence-corrected chi connectivity index (χ1v) is 14.3. The minimum atomic E-state index is 0.954. The topological polar surface area (TPSA) is 12.9 Å². The summed E-state index contributed by atoms with van der Waals surface area (Å²) in [4.78, 5) is 5.22. The zero-order valence-electron chi connectivity index (χ0n) is 23.2. The molecule has 0 atom stereocenters. The summed E-state index contributed by atoms with van der Waals surface area (Å²) in [6.45, 7) is 0. The first-order valence-electron chi connectivity index (χ1n) is 14.3. The Labute approximate surface area is 247 Å². The van der Waals surface area contributed by atoms with Gasteiger partial charge in [0.05, 0.1) is 11.4 Å². The minimum Gasteiger partial charge on any atom is -0.248 e. The molecular formula is C41H29N. The van der Waals surface area contributed by atoms with Crippen LogP contribution in [0.15, 0.2) is 176 Å². The number of benzene rings is 6. The fourth-order valence-electron chi connectivity index (χ4n) is 5.46. The van der Waals surface area contributed by atoms with Crippen LogP contribution in [0.1, 0.15) is 0 Å². The van der Waals surface area contributed by atoms with E-state index in [-0.39, 0.29) is 0 Å². The summed E-state index contributed by atoms with van der Waals surface area (Å²) in [5, 5.41) is 0. The van der Waals surface area contributed by atoms with Crippen molar-refractivity contribution < 1.29 is 0 Å². The molecule has 0 aliphatic carbocycles. The van der Waals surface area contributed by atoms with Crippen LogP contribution >= 0.6 is 0 Å². The second-order valence-corrected chi connectivity index (χ2v) is 10.5. The summed E-state index contributed by atoms with van der Waals surface area (Å²) in [6, 6.07) is 62.2. The second-order valence-electron chi connectivity index (χ2n) is 10.5. The summed E-state index contributed by atoms with van der Waals surface area (Å²) in [6.07, 6.45) is 0. The third kappa shape index (κ3) is 5.41. The second kappa shape index (κ2) is 11.5. The average Bonchev–Trinajstić information content (AvgIpc) is 3.09. The van der Waals surface area contributed by atoms with Gasteiger partial charge >= 0.3 is 0 Å². The van der Waals surface area contributed by atoms with Gasteiger partial charge in [-0.15, -0.1) is 0 Å². The average molecular weight is 536 g/mol. The van der Waals surface area contributed by atoms with Gasteiger partial charge in [0.15, 0.2) is 0 Å². The zero-order valence-corrected chi connectivity index (χ0v) is 23.2. The maximum atomic E-state index is 5.22. The van der Waals surface area contributed by atoms with E-state index in [0.29, 0.717) is 0 Å². The predicted octanol–water partition coefficient (Wildman–Crippen LogP) is 11.1. The number of hydrogen-bond donors (Lipinski definition) is 0. The summed E-state index contributed by atoms with van der Waals surface area (Å²) < 4.78 is 0. The van der Waals surface area contributed by atoms with E-state index in [0.717, 1.165) is 28.1 Å². The number of nitrogens with zero attached hydrogens (tertiary/aromatic N) is 1. The highest BCUT2D eigenvalue weighted by atomic mass is 14.7. The molecule has 1 nitrogen and oxygen atoms in total. The molecule has 0 saturated carbocycles. The normalized spacial score (nSPS) is 10.9. The van der Waals surface area contributed by atoms with Crippen molar-refractivity contribution in [1.82, 2.24) is 4.98 Å². The van der Waals surface area contributed by atoms with Crippen LogP contribution in [0.4, 0.5) is 0 Å². The molecule has 7 aromatic rings. The fourth-order valence-corrected chi connectivity index (χ4v) is 5.46. The first kappa shape index (κ1) is 25.4. The van der Waals surface area contributed by atoms with E-state index < -0.39 is 0 Å². The lowest BCUT2D eigenvalue weighted by atomic mass is 9.93. The fraction of sp³-hybridized carbons (Fsp3) is 0. The molecule has 1 aromatic heterocycles. The van der Waals surface area contributed by atoms with Crippen molar-refractivity contribution in [3.63, 3.8) is 0 Å². The summed E-state index contributed by atoms with van der Waals surface area (Å²) >= 11 is 0. The van der Waals surface area contributed by atoms with Gasteiger partial charge in [-0.2, -0.15) is 0 Å². The van der Waals surface area contributed by atoms with Crippen molar-refractivity contribution in [3.8, 4) is 67.0 Å². The Hall–Kier alpha value is -5.53. The Bertz CT molecular complexity index is 1870. The monoisotopic (exact) mass is 535 g/mol. The van der Waals surface area contributed by atoms with E-state index in [2.05, 4.69) is 170 Å². The van der Waals surface area contributed by atoms with Crippen LogP contribution in [-0.2, 0) is 0 Å². The Morgan fingerprint density at radius 2 is 0.500 bits per heavy atom. The SMILES string of the molecule is c1ccc(-c2ccc(-c3cc(-c4ccccc4)cc(-c4cc(-c5ccccc5)cc(-c5ccccc5)n4)c3)cc2)cc1. The van der Waals surface area contributed by atoms with E-state index in [1.165, 1.54) is 38.9 Å². The van der Waals surface area contributed by atoms with E-state index in [4.69, 9.17) is 4.98 Å². The molecule has 0 saturated heterocycles. The zero-order chi connectivity index (χ0) is 28.1. The number of rotatable bonds is 6. The summed E-state index contributed by atoms with van der Waals surface area (Å²) in [5.74, 6) is 0. The summed E-state index contributed by atoms with van der Waals surface area (Å²) in [7, 11) is 0. The van der Waals surface area contributed by atoms with Gasteiger partial charge in [-0.1, -0.05) is 146 Å². The lowest BCUT2D eigenvalue weighted by Gasteiger charge is -2.14. The molecule has 42 heavy (non-hydrogen) atoms. The van der Waals surface area contributed by atoms with Crippen molar-refractivity contribution in [3.05, 3.63) is 176 Å². The molecule has 0 bridgehead atoms. The molecule has 1 heteroatoms. The molecule has 1 heterocycles. The van der Waals surface area contributed by atoms with Crippen LogP contribution in [0.5, 0.6) is 0 Å². The first-order chi connectivity index (χ1) is 20.8. The molecule has 0 aliphatic heterocycles. The lowest BCUT2D eigenvalue weighted by Crippen LogP contribution is -1.93. The van der Waals surface area contributed by atoms with Crippen molar-refractivity contribution >= 4 is 0 Å². The number of hydrogen-bond acceptors (Lipinski definition) is 1. The minimum absolute atomic E-state index is 0.954. The van der Waals surface area contributed by atoms with Crippen molar-refractivity contribution in [2.75, 3.05) is 0 Å². The Balaban J connectivity index is 1.39. The van der Waals surface area contributed by atoms with Crippen LogP contribution in [0.3, 0.4) is 0 Å². The number of aromatic nitrogens is 1. The Kier molecular flexibility index (Phi) is 6.98. The van der Waals surface area contributed by atoms with Gasteiger partial charge in [0.2, 0.25) is 0 Å². The van der Waals surface area contributed by atoms with Gasteiger partial charge in [-0.05, 0) is 74.8 Å². The largest absolute Gasteiger partial charge is 0.248 e. The van der Waals surface area contributed by atoms with Crippen LogP contribution in [-0.4, -0.2) is 4.98 Å². The molecule has 198 valence electrons. The van der Waals surface area contributed by atoms with Gasteiger partial charge in [0, 0.05) is 11.1 Å². The highest BCUT2D eigenvalue weighted by molar-refractivity contribution is 5.83. The lowest BCUT2D eigenvalue weighted by molar-refractivity contribution is 1.32. The van der Waals surface area contributed by atoms with Crippen LogP contribution in [0.2, 0.25) is 0 Å². The highest BCUT2D eigenvalue weighted by Crippen LogP contribution is 2.36. The van der Waals surface area contributed by atoms with E-state index >= 15 is 0 Å². The third-order valence-electron chi connectivity index (χ3n) is 7.66. The summed E-state index contributed by atoms with van der Waals surface area (Å²) in [5.41, 5.74) is 13.6. The van der Waals surface area contributed by atoms with E-state index in [1.54, 1.807) is 0 Å². The van der Waals surface area contributed by atoms with Crippen LogP contribution in [0.25, 0.3) is 67.0 Å². The third-order valence-corrected chi connectivity index (χ3v) is 7.66. The Morgan fingerprint density at radius 3 is 0.952 bits per heavy atom. The van der Waals surface area contributed by atoms with Gasteiger partial charge in [-0.25, -0.2) is 4.98 Å². The molecule has 0 amide bonds. The molecule has 7 rings (SSSR count). The quantitative estimate of drug-likeness (QED) is 0.206. The molecule has 0 aliphatic rings. The smallest absolute Gasteiger partial charge is 0.0716 e. The van der Waals surface area contributed by atoms with Crippen LogP contribution < -0.4 is 0 Å². The van der Waals surface area contributed by atoms with Gasteiger partial charge in [0.1, 0.15) is 0 Å².